The number of rotatable bonds is 6. The molecule has 0 atom stereocenters. The Morgan fingerprint density at radius 3 is 2.58 bits per heavy atom. The summed E-state index contributed by atoms with van der Waals surface area (Å²) < 4.78 is 31.5. The summed E-state index contributed by atoms with van der Waals surface area (Å²) in [6.45, 7) is 2.08. The molecule has 0 spiro atoms. The number of thiophene rings is 1. The summed E-state index contributed by atoms with van der Waals surface area (Å²) in [5.41, 5.74) is 1.11. The average Bonchev–Trinajstić information content (AvgIpc) is 3.16. The summed E-state index contributed by atoms with van der Waals surface area (Å²) >= 11 is 8.44. The molecule has 1 N–H and O–H groups in total. The van der Waals surface area contributed by atoms with Crippen molar-refractivity contribution < 1.29 is 8.42 Å². The standard InChI is InChI=1S/C15H14ClN3O2S3/c1-2-3-10-4-6-11(7-5-10)24(20,21)19-15-17-14(18-23-15)13-12(16)8-9-22-13/h4-9H,2-3H2,1H3,(H,17,18,19). The topological polar surface area (TPSA) is 72.0 Å². The Bertz CT molecular complexity index is 933. The van der Waals surface area contributed by atoms with Gasteiger partial charge in [0.25, 0.3) is 10.0 Å². The molecule has 0 radical (unpaired) electrons. The molecular weight excluding hydrogens is 386 g/mol. The Morgan fingerprint density at radius 1 is 1.21 bits per heavy atom. The number of hydrogen-bond acceptors (Lipinski definition) is 6. The maximum Gasteiger partial charge on any atom is 0.263 e. The molecular formula is C15H14ClN3O2S3. The molecule has 24 heavy (non-hydrogen) atoms. The Morgan fingerprint density at radius 2 is 1.96 bits per heavy atom. The first-order valence-electron chi connectivity index (χ1n) is 7.18. The first-order valence-corrected chi connectivity index (χ1v) is 10.7. The Hall–Kier alpha value is -1.48. The number of benzene rings is 1. The van der Waals surface area contributed by atoms with Crippen molar-refractivity contribution in [3.05, 3.63) is 46.3 Å². The molecule has 0 aliphatic carbocycles. The van der Waals surface area contributed by atoms with Crippen molar-refractivity contribution in [3.63, 3.8) is 0 Å². The van der Waals surface area contributed by atoms with Crippen LogP contribution in [0.3, 0.4) is 0 Å². The van der Waals surface area contributed by atoms with E-state index in [1.165, 1.54) is 11.3 Å². The molecule has 0 aliphatic heterocycles. The number of aromatic nitrogens is 2. The van der Waals surface area contributed by atoms with Crippen molar-refractivity contribution in [1.82, 2.24) is 9.36 Å². The van der Waals surface area contributed by atoms with Gasteiger partial charge in [-0.25, -0.2) is 8.42 Å². The van der Waals surface area contributed by atoms with Gasteiger partial charge in [-0.3, -0.25) is 4.72 Å². The van der Waals surface area contributed by atoms with Gasteiger partial charge in [0.1, 0.15) is 0 Å². The molecule has 126 valence electrons. The lowest BCUT2D eigenvalue weighted by molar-refractivity contribution is 0.601. The summed E-state index contributed by atoms with van der Waals surface area (Å²) in [4.78, 5) is 5.14. The average molecular weight is 400 g/mol. The molecule has 5 nitrogen and oxygen atoms in total. The smallest absolute Gasteiger partial charge is 0.253 e. The highest BCUT2D eigenvalue weighted by Gasteiger charge is 2.18. The van der Waals surface area contributed by atoms with Crippen LogP contribution in [0, 0.1) is 0 Å². The van der Waals surface area contributed by atoms with E-state index in [2.05, 4.69) is 21.0 Å². The number of halogens is 1. The van der Waals surface area contributed by atoms with Crippen LogP contribution in [-0.4, -0.2) is 17.8 Å². The van der Waals surface area contributed by atoms with Gasteiger partial charge in [-0.15, -0.1) is 11.3 Å². The molecule has 0 amide bonds. The van der Waals surface area contributed by atoms with Crippen LogP contribution in [0.4, 0.5) is 5.13 Å². The van der Waals surface area contributed by atoms with E-state index >= 15 is 0 Å². The molecule has 2 heterocycles. The van der Waals surface area contributed by atoms with Crippen LogP contribution in [0.15, 0.2) is 40.6 Å². The lowest BCUT2D eigenvalue weighted by Gasteiger charge is -2.05. The second-order valence-electron chi connectivity index (χ2n) is 5.02. The molecule has 9 heteroatoms. The number of nitrogens with one attached hydrogen (secondary N) is 1. The fourth-order valence-electron chi connectivity index (χ4n) is 2.11. The van der Waals surface area contributed by atoms with Crippen molar-refractivity contribution >= 4 is 49.6 Å². The molecule has 2 aromatic heterocycles. The first-order chi connectivity index (χ1) is 11.5. The van der Waals surface area contributed by atoms with Crippen molar-refractivity contribution in [1.29, 1.82) is 0 Å². The van der Waals surface area contributed by atoms with E-state index in [0.29, 0.717) is 10.8 Å². The predicted octanol–water partition coefficient (Wildman–Crippen LogP) is 4.67. The molecule has 0 fully saturated rings. The number of aryl methyl sites for hydroxylation is 1. The van der Waals surface area contributed by atoms with Gasteiger partial charge in [-0.2, -0.15) is 9.36 Å². The van der Waals surface area contributed by atoms with E-state index in [1.807, 2.05) is 17.5 Å². The van der Waals surface area contributed by atoms with Crippen LogP contribution in [0.2, 0.25) is 5.02 Å². The number of nitrogens with zero attached hydrogens (tertiary/aromatic N) is 2. The lowest BCUT2D eigenvalue weighted by Crippen LogP contribution is -2.12. The molecule has 0 aliphatic rings. The van der Waals surface area contributed by atoms with E-state index in [4.69, 9.17) is 11.6 Å². The van der Waals surface area contributed by atoms with Crippen molar-refractivity contribution in [2.45, 2.75) is 24.7 Å². The summed E-state index contributed by atoms with van der Waals surface area (Å²) in [7, 11) is -3.68. The van der Waals surface area contributed by atoms with Crippen LogP contribution < -0.4 is 4.72 Å². The van der Waals surface area contributed by atoms with Gasteiger partial charge in [-0.05, 0) is 35.6 Å². The number of sulfonamides is 1. The minimum absolute atomic E-state index is 0.202. The molecule has 3 aromatic rings. The Labute approximate surface area is 153 Å². The zero-order chi connectivity index (χ0) is 17.2. The SMILES string of the molecule is CCCc1ccc(S(=O)(=O)Nc2nc(-c3sccc3Cl)ns2)cc1. The fraction of sp³-hybridized carbons (Fsp3) is 0.200. The summed E-state index contributed by atoms with van der Waals surface area (Å²) in [5.74, 6) is 0.427. The van der Waals surface area contributed by atoms with E-state index in [-0.39, 0.29) is 10.0 Å². The van der Waals surface area contributed by atoms with Crippen molar-refractivity contribution in [3.8, 4) is 10.7 Å². The van der Waals surface area contributed by atoms with Crippen LogP contribution in [-0.2, 0) is 16.4 Å². The van der Waals surface area contributed by atoms with Gasteiger partial charge >= 0.3 is 0 Å². The lowest BCUT2D eigenvalue weighted by atomic mass is 10.1. The van der Waals surface area contributed by atoms with Crippen molar-refractivity contribution in [2.24, 2.45) is 0 Å². The highest BCUT2D eigenvalue weighted by Crippen LogP contribution is 2.33. The van der Waals surface area contributed by atoms with Gasteiger partial charge in [0.05, 0.1) is 14.8 Å². The number of hydrogen-bond donors (Lipinski definition) is 1. The minimum Gasteiger partial charge on any atom is -0.253 e. The fourth-order valence-corrected chi connectivity index (χ4v) is 5.04. The summed E-state index contributed by atoms with van der Waals surface area (Å²) in [6, 6.07) is 8.62. The zero-order valence-electron chi connectivity index (χ0n) is 12.7. The van der Waals surface area contributed by atoms with E-state index < -0.39 is 10.0 Å². The van der Waals surface area contributed by atoms with E-state index in [9.17, 15) is 8.42 Å². The third-order valence-electron chi connectivity index (χ3n) is 3.24. The monoisotopic (exact) mass is 399 g/mol. The largest absolute Gasteiger partial charge is 0.263 e. The maximum atomic E-state index is 12.4. The first kappa shape index (κ1) is 17.3. The zero-order valence-corrected chi connectivity index (χ0v) is 15.9. The van der Waals surface area contributed by atoms with E-state index in [1.54, 1.807) is 18.2 Å². The Balaban J connectivity index is 1.80. The highest BCUT2D eigenvalue weighted by atomic mass is 35.5. The highest BCUT2D eigenvalue weighted by molar-refractivity contribution is 7.93. The van der Waals surface area contributed by atoms with Gasteiger partial charge in [-0.1, -0.05) is 37.1 Å². The van der Waals surface area contributed by atoms with Gasteiger partial charge < -0.3 is 0 Å². The second-order valence-corrected chi connectivity index (χ2v) is 8.78. The van der Waals surface area contributed by atoms with Crippen LogP contribution in [0.25, 0.3) is 10.7 Å². The molecule has 0 unspecified atom stereocenters. The minimum atomic E-state index is -3.68. The van der Waals surface area contributed by atoms with Crippen molar-refractivity contribution in [2.75, 3.05) is 4.72 Å². The maximum absolute atomic E-state index is 12.4. The van der Waals surface area contributed by atoms with Gasteiger partial charge in [0, 0.05) is 11.5 Å². The van der Waals surface area contributed by atoms with Gasteiger partial charge in [0.2, 0.25) is 5.13 Å². The molecule has 1 aromatic carbocycles. The normalized spacial score (nSPS) is 11.6. The van der Waals surface area contributed by atoms with Gasteiger partial charge in [0.15, 0.2) is 5.82 Å². The third-order valence-corrected chi connectivity index (χ3v) is 6.69. The second kappa shape index (κ2) is 7.18. The third kappa shape index (κ3) is 3.77. The molecule has 3 rings (SSSR count). The number of anilines is 1. The van der Waals surface area contributed by atoms with Crippen LogP contribution in [0.1, 0.15) is 18.9 Å². The molecule has 0 bridgehead atoms. The van der Waals surface area contributed by atoms with Crippen LogP contribution in [0.5, 0.6) is 0 Å². The Kier molecular flexibility index (Phi) is 5.19. The predicted molar refractivity (Wildman–Crippen MR) is 99.5 cm³/mol. The quantitative estimate of drug-likeness (QED) is 0.653. The summed E-state index contributed by atoms with van der Waals surface area (Å²) in [6.07, 6.45) is 1.94. The molecule has 0 saturated heterocycles. The molecule has 0 saturated carbocycles. The van der Waals surface area contributed by atoms with Crippen LogP contribution >= 0.6 is 34.5 Å². The van der Waals surface area contributed by atoms with E-state index in [0.717, 1.165) is 34.8 Å². The summed E-state index contributed by atoms with van der Waals surface area (Å²) in [5, 5.41) is 2.60.